The summed E-state index contributed by atoms with van der Waals surface area (Å²) >= 11 is 1.09. The molecule has 1 aromatic heterocycles. The van der Waals surface area contributed by atoms with E-state index in [1.54, 1.807) is 13.0 Å². The number of thiazole rings is 1. The molecule has 9 nitrogen and oxygen atoms in total. The highest BCUT2D eigenvalue weighted by atomic mass is 32.1. The zero-order valence-corrected chi connectivity index (χ0v) is 16.3. The number of benzene rings is 1. The van der Waals surface area contributed by atoms with Crippen LogP contribution in [0.2, 0.25) is 0 Å². The Hall–Kier alpha value is -3.34. The van der Waals surface area contributed by atoms with Crippen LogP contribution in [-0.4, -0.2) is 46.9 Å². The predicted octanol–water partition coefficient (Wildman–Crippen LogP) is 1.83. The van der Waals surface area contributed by atoms with E-state index in [2.05, 4.69) is 20.4 Å². The molecule has 0 saturated carbocycles. The first kappa shape index (κ1) is 20.4. The van der Waals surface area contributed by atoms with Crippen LogP contribution in [0.3, 0.4) is 0 Å². The number of carbonyl (C=O) groups is 4. The van der Waals surface area contributed by atoms with Gasteiger partial charge in [-0.25, -0.2) is 19.0 Å². The van der Waals surface area contributed by atoms with Crippen molar-refractivity contribution in [2.45, 2.75) is 25.9 Å². The second-order valence-electron chi connectivity index (χ2n) is 6.22. The Labute approximate surface area is 168 Å². The number of carbonyl (C=O) groups excluding carboxylic acids is 4. The van der Waals surface area contributed by atoms with E-state index in [-0.39, 0.29) is 23.8 Å². The number of amides is 4. The van der Waals surface area contributed by atoms with Gasteiger partial charge in [0.25, 0.3) is 5.91 Å². The number of rotatable bonds is 6. The topological polar surface area (TPSA) is 118 Å². The van der Waals surface area contributed by atoms with Crippen molar-refractivity contribution in [3.05, 3.63) is 46.2 Å². The number of ether oxygens (including phenoxy) is 1. The summed E-state index contributed by atoms with van der Waals surface area (Å²) in [5.74, 6) is -2.23. The number of nitrogens with one attached hydrogen (secondary N) is 2. The van der Waals surface area contributed by atoms with Gasteiger partial charge in [0.05, 0.1) is 20.1 Å². The Bertz CT molecular complexity index is 992. The largest absolute Gasteiger partial charge is 0.464 e. The first-order valence-electron chi connectivity index (χ1n) is 8.50. The van der Waals surface area contributed by atoms with Crippen molar-refractivity contribution in [2.24, 2.45) is 0 Å². The zero-order chi connectivity index (χ0) is 21.1. The van der Waals surface area contributed by atoms with E-state index in [1.807, 2.05) is 0 Å². The third kappa shape index (κ3) is 4.57. The molecule has 2 N–H and O–H groups in total. The molecule has 1 atom stereocenters. The highest BCUT2D eigenvalue weighted by Crippen LogP contribution is 2.23. The fourth-order valence-corrected chi connectivity index (χ4v) is 3.59. The molecule has 1 fully saturated rings. The fraction of sp³-hybridized carbons (Fsp3) is 0.278. The molecule has 1 aromatic carbocycles. The number of hydrogen-bond donors (Lipinski definition) is 2. The quantitative estimate of drug-likeness (QED) is 0.544. The molecule has 1 saturated heterocycles. The zero-order valence-electron chi connectivity index (χ0n) is 15.5. The van der Waals surface area contributed by atoms with Gasteiger partial charge in [-0.05, 0) is 24.6 Å². The van der Waals surface area contributed by atoms with E-state index >= 15 is 0 Å². The monoisotopic (exact) mass is 420 g/mol. The summed E-state index contributed by atoms with van der Waals surface area (Å²) in [6.07, 6.45) is -0.309. The predicted molar refractivity (Wildman–Crippen MR) is 101 cm³/mol. The van der Waals surface area contributed by atoms with Crippen molar-refractivity contribution in [3.63, 3.8) is 0 Å². The van der Waals surface area contributed by atoms with Crippen molar-refractivity contribution in [1.29, 1.82) is 0 Å². The standard InChI is InChI=1S/C18H17FN4O5S/c1-9-14(16(26)28-2)22-17(29-9)21-13(24)7-12-15(25)23(18(27)20-12)8-10-4-3-5-11(19)6-10/h3-6,12H,7-8H2,1-2H3,(H,20,27)(H,21,22,24)/t12-/m1/s1. The Balaban J connectivity index is 1.62. The number of esters is 1. The molecule has 1 aliphatic rings. The van der Waals surface area contributed by atoms with Crippen molar-refractivity contribution in [1.82, 2.24) is 15.2 Å². The molecule has 11 heteroatoms. The van der Waals surface area contributed by atoms with E-state index in [0.29, 0.717) is 10.4 Å². The van der Waals surface area contributed by atoms with E-state index in [1.165, 1.54) is 25.3 Å². The van der Waals surface area contributed by atoms with Crippen LogP contribution in [0.1, 0.15) is 27.3 Å². The lowest BCUT2D eigenvalue weighted by molar-refractivity contribution is -0.130. The second kappa shape index (κ2) is 8.35. The van der Waals surface area contributed by atoms with Crippen LogP contribution < -0.4 is 10.6 Å². The third-order valence-electron chi connectivity index (χ3n) is 4.15. The van der Waals surface area contributed by atoms with Gasteiger partial charge in [0.2, 0.25) is 5.91 Å². The van der Waals surface area contributed by atoms with Crippen molar-refractivity contribution >= 4 is 40.3 Å². The van der Waals surface area contributed by atoms with E-state index in [9.17, 15) is 23.6 Å². The van der Waals surface area contributed by atoms with Gasteiger partial charge >= 0.3 is 12.0 Å². The third-order valence-corrected chi connectivity index (χ3v) is 5.03. The van der Waals surface area contributed by atoms with Crippen LogP contribution in [0.25, 0.3) is 0 Å². The molecule has 2 aromatic rings. The minimum atomic E-state index is -1.04. The van der Waals surface area contributed by atoms with Crippen LogP contribution in [-0.2, 0) is 20.9 Å². The molecule has 0 radical (unpaired) electrons. The molecule has 0 spiro atoms. The van der Waals surface area contributed by atoms with Gasteiger partial charge in [0.1, 0.15) is 11.9 Å². The molecule has 3 rings (SSSR count). The Morgan fingerprint density at radius 2 is 2.14 bits per heavy atom. The minimum Gasteiger partial charge on any atom is -0.464 e. The lowest BCUT2D eigenvalue weighted by Crippen LogP contribution is -2.34. The number of halogens is 1. The van der Waals surface area contributed by atoms with Gasteiger partial charge < -0.3 is 15.4 Å². The van der Waals surface area contributed by atoms with E-state index < -0.39 is 35.7 Å². The smallest absolute Gasteiger partial charge is 0.357 e. The van der Waals surface area contributed by atoms with Gasteiger partial charge in [-0.3, -0.25) is 14.5 Å². The molecular weight excluding hydrogens is 403 g/mol. The molecule has 1 aliphatic heterocycles. The SMILES string of the molecule is COC(=O)c1nc(NC(=O)C[C@H]2NC(=O)N(Cc3cccc(F)c3)C2=O)sc1C. The van der Waals surface area contributed by atoms with Crippen LogP contribution in [0.15, 0.2) is 24.3 Å². The maximum atomic E-state index is 13.3. The van der Waals surface area contributed by atoms with Gasteiger partial charge in [0, 0.05) is 4.88 Å². The van der Waals surface area contributed by atoms with E-state index in [0.717, 1.165) is 16.2 Å². The number of hydrogen-bond acceptors (Lipinski definition) is 7. The molecular formula is C18H17FN4O5S. The number of urea groups is 1. The van der Waals surface area contributed by atoms with Gasteiger partial charge in [0.15, 0.2) is 10.8 Å². The fourth-order valence-electron chi connectivity index (χ4n) is 2.77. The Morgan fingerprint density at radius 1 is 1.38 bits per heavy atom. The van der Waals surface area contributed by atoms with Gasteiger partial charge in [-0.1, -0.05) is 12.1 Å². The molecule has 152 valence electrons. The number of aromatic nitrogens is 1. The molecule has 2 heterocycles. The van der Waals surface area contributed by atoms with Crippen molar-refractivity contribution in [3.8, 4) is 0 Å². The maximum Gasteiger partial charge on any atom is 0.357 e. The number of aryl methyl sites for hydroxylation is 1. The molecule has 29 heavy (non-hydrogen) atoms. The molecule has 4 amide bonds. The summed E-state index contributed by atoms with van der Waals surface area (Å²) in [7, 11) is 1.23. The highest BCUT2D eigenvalue weighted by Gasteiger charge is 2.39. The summed E-state index contributed by atoms with van der Waals surface area (Å²) in [5, 5.41) is 5.13. The first-order valence-corrected chi connectivity index (χ1v) is 9.32. The minimum absolute atomic E-state index is 0.0966. The summed E-state index contributed by atoms with van der Waals surface area (Å²) in [6, 6.07) is 3.85. The first-order chi connectivity index (χ1) is 13.8. The van der Waals surface area contributed by atoms with Crippen LogP contribution in [0, 0.1) is 12.7 Å². The maximum absolute atomic E-state index is 13.3. The number of nitrogens with zero attached hydrogens (tertiary/aromatic N) is 2. The lowest BCUT2D eigenvalue weighted by Gasteiger charge is -2.13. The number of methoxy groups -OCH3 is 1. The number of imide groups is 1. The Kier molecular flexibility index (Phi) is 5.87. The summed E-state index contributed by atoms with van der Waals surface area (Å²) < 4.78 is 17.9. The average molecular weight is 420 g/mol. The van der Waals surface area contributed by atoms with Crippen LogP contribution >= 0.6 is 11.3 Å². The Morgan fingerprint density at radius 3 is 2.83 bits per heavy atom. The van der Waals surface area contributed by atoms with Gasteiger partial charge in [-0.15, -0.1) is 11.3 Å². The van der Waals surface area contributed by atoms with Crippen LogP contribution in [0.4, 0.5) is 14.3 Å². The molecule has 0 aliphatic carbocycles. The molecule has 0 unspecified atom stereocenters. The summed E-state index contributed by atoms with van der Waals surface area (Å²) in [5.41, 5.74) is 0.548. The lowest BCUT2D eigenvalue weighted by atomic mass is 10.1. The van der Waals surface area contributed by atoms with Crippen molar-refractivity contribution < 1.29 is 28.3 Å². The van der Waals surface area contributed by atoms with Crippen molar-refractivity contribution in [2.75, 3.05) is 12.4 Å². The van der Waals surface area contributed by atoms with E-state index in [4.69, 9.17) is 0 Å². The van der Waals surface area contributed by atoms with Gasteiger partial charge in [-0.2, -0.15) is 0 Å². The summed E-state index contributed by atoms with van der Waals surface area (Å²) in [6.45, 7) is 1.55. The average Bonchev–Trinajstić information content (AvgIpc) is 3.15. The highest BCUT2D eigenvalue weighted by molar-refractivity contribution is 7.16. The normalized spacial score (nSPS) is 16.0. The van der Waals surface area contributed by atoms with Crippen LogP contribution in [0.5, 0.6) is 0 Å². The molecule has 0 bridgehead atoms. The summed E-state index contributed by atoms with van der Waals surface area (Å²) in [4.78, 5) is 53.9. The number of anilines is 1. The second-order valence-corrected chi connectivity index (χ2v) is 7.43.